The van der Waals surface area contributed by atoms with Gasteiger partial charge in [-0.3, -0.25) is 19.3 Å². The van der Waals surface area contributed by atoms with Gasteiger partial charge >= 0.3 is 0 Å². The van der Waals surface area contributed by atoms with Gasteiger partial charge in [0.1, 0.15) is 5.75 Å². The molecule has 0 unspecified atom stereocenters. The molecule has 1 saturated heterocycles. The second-order valence-corrected chi connectivity index (χ2v) is 11.8. The third-order valence-corrected chi connectivity index (χ3v) is 8.60. The number of carbonyl (C=O) groups excluding carboxylic acids is 3. The molecule has 3 aromatic carbocycles. The first-order valence-corrected chi connectivity index (χ1v) is 15.3. The van der Waals surface area contributed by atoms with Crippen LogP contribution in [0.15, 0.2) is 72.8 Å². The Hall–Kier alpha value is -3.88. The first kappa shape index (κ1) is 30.6. The van der Waals surface area contributed by atoms with Gasteiger partial charge in [-0.15, -0.1) is 0 Å². The molecule has 0 aromatic heterocycles. The van der Waals surface area contributed by atoms with E-state index in [1.54, 1.807) is 48.2 Å². The average molecular weight is 603 g/mol. The molecule has 3 amide bonds. The van der Waals surface area contributed by atoms with Crippen molar-refractivity contribution >= 4 is 40.7 Å². The monoisotopic (exact) mass is 602 g/mol. The topological polar surface area (TPSA) is 82.2 Å². The van der Waals surface area contributed by atoms with E-state index in [1.807, 2.05) is 55.3 Å². The molecule has 0 aliphatic carbocycles. The van der Waals surface area contributed by atoms with Crippen LogP contribution in [0.5, 0.6) is 5.75 Å². The number of halogens is 1. The molecule has 0 bridgehead atoms. The van der Waals surface area contributed by atoms with Gasteiger partial charge in [0, 0.05) is 41.5 Å². The molecule has 2 aliphatic heterocycles. The van der Waals surface area contributed by atoms with Crippen LogP contribution in [0, 0.1) is 0 Å². The predicted octanol–water partition coefficient (Wildman–Crippen LogP) is 5.85. The van der Waals surface area contributed by atoms with Crippen molar-refractivity contribution < 1.29 is 19.1 Å². The molecule has 1 N–H and O–H groups in total. The van der Waals surface area contributed by atoms with Crippen LogP contribution in [0.25, 0.3) is 0 Å². The summed E-state index contributed by atoms with van der Waals surface area (Å²) in [6.45, 7) is 5.57. The van der Waals surface area contributed by atoms with Crippen molar-refractivity contribution in [3.63, 3.8) is 0 Å². The van der Waals surface area contributed by atoms with Crippen LogP contribution in [0.1, 0.15) is 61.5 Å². The Morgan fingerprint density at radius 3 is 2.42 bits per heavy atom. The number of hydrogen-bond acceptors (Lipinski definition) is 5. The molecule has 2 heterocycles. The average Bonchev–Trinajstić information content (AvgIpc) is 3.44. The van der Waals surface area contributed by atoms with Crippen LogP contribution in [0.4, 0.5) is 11.4 Å². The number of benzene rings is 3. The van der Waals surface area contributed by atoms with Crippen LogP contribution in [-0.4, -0.2) is 61.4 Å². The molecule has 9 heteroatoms. The number of anilines is 2. The van der Waals surface area contributed by atoms with Gasteiger partial charge in [-0.25, -0.2) is 0 Å². The number of carbonyl (C=O) groups is 3. The first-order valence-electron chi connectivity index (χ1n) is 14.9. The number of likely N-dealkylation sites (tertiary alicyclic amines) is 1. The van der Waals surface area contributed by atoms with Gasteiger partial charge < -0.3 is 19.9 Å². The number of fused-ring (bicyclic) bond motifs is 1. The number of amides is 3. The summed E-state index contributed by atoms with van der Waals surface area (Å²) in [5, 5.41) is 3.61. The van der Waals surface area contributed by atoms with E-state index in [-0.39, 0.29) is 35.8 Å². The number of nitrogens with one attached hydrogen (secondary N) is 1. The third kappa shape index (κ3) is 6.86. The van der Waals surface area contributed by atoms with Crippen molar-refractivity contribution in [1.82, 2.24) is 10.2 Å². The van der Waals surface area contributed by atoms with E-state index < -0.39 is 0 Å². The standard InChI is InChI=1S/C34H39ClN4O4/c1-23-22-32(39(24(2)40)27-15-13-26(35)14-16-27)29-8-4-5-9-30(29)38(23)34(42)25-11-17-28(18-12-25)43-21-7-19-36-33(41)31-10-6-20-37(31)3/h4-5,8-9,11-18,23,31-32H,6-7,10,19-22H2,1-3H3,(H,36,41)/t23-,31-,32+/m0/s1. The van der Waals surface area contributed by atoms with Crippen molar-refractivity contribution in [1.29, 1.82) is 0 Å². The Bertz CT molecular complexity index is 1450. The fourth-order valence-electron chi connectivity index (χ4n) is 6.18. The molecule has 226 valence electrons. The fourth-order valence-corrected chi connectivity index (χ4v) is 6.31. The lowest BCUT2D eigenvalue weighted by Crippen LogP contribution is -2.47. The molecular weight excluding hydrogens is 564 g/mol. The molecule has 0 spiro atoms. The second kappa shape index (κ2) is 13.6. The summed E-state index contributed by atoms with van der Waals surface area (Å²) in [5.74, 6) is 0.575. The van der Waals surface area contributed by atoms with Gasteiger partial charge in [0.05, 0.1) is 18.7 Å². The number of para-hydroxylation sites is 1. The summed E-state index contributed by atoms with van der Waals surface area (Å²) in [5.41, 5.74) is 3.04. The SMILES string of the molecule is CC(=O)N(c1ccc(Cl)cc1)[C@@H]1C[C@H](C)N(C(=O)c2ccc(OCCCNC(=O)[C@@H]3CCCN3C)cc2)c2ccccc21. The smallest absolute Gasteiger partial charge is 0.258 e. The van der Waals surface area contributed by atoms with E-state index in [9.17, 15) is 14.4 Å². The zero-order valence-corrected chi connectivity index (χ0v) is 25.7. The summed E-state index contributed by atoms with van der Waals surface area (Å²) >= 11 is 6.11. The van der Waals surface area contributed by atoms with E-state index in [0.29, 0.717) is 42.3 Å². The Labute approximate surface area is 258 Å². The molecule has 1 fully saturated rings. The number of likely N-dealkylation sites (N-methyl/N-ethyl adjacent to an activating group) is 1. The van der Waals surface area contributed by atoms with Crippen LogP contribution in [0.2, 0.25) is 5.02 Å². The highest BCUT2D eigenvalue weighted by molar-refractivity contribution is 6.30. The molecular formula is C34H39ClN4O4. The Morgan fingerprint density at radius 1 is 1.02 bits per heavy atom. The number of nitrogens with zero attached hydrogens (tertiary/aromatic N) is 3. The Balaban J connectivity index is 1.23. The quantitative estimate of drug-likeness (QED) is 0.311. The Kier molecular flexibility index (Phi) is 9.68. The fraction of sp³-hybridized carbons (Fsp3) is 0.382. The van der Waals surface area contributed by atoms with Crippen molar-refractivity contribution in [3.05, 3.63) is 88.9 Å². The van der Waals surface area contributed by atoms with Gasteiger partial charge in [0.2, 0.25) is 11.8 Å². The van der Waals surface area contributed by atoms with Crippen molar-refractivity contribution in [2.75, 3.05) is 36.5 Å². The number of hydrogen-bond donors (Lipinski definition) is 1. The van der Waals surface area contributed by atoms with Gasteiger partial charge in [0.15, 0.2) is 0 Å². The maximum absolute atomic E-state index is 13.8. The largest absolute Gasteiger partial charge is 0.494 e. The van der Waals surface area contributed by atoms with Gasteiger partial charge in [-0.05, 0) is 106 Å². The highest BCUT2D eigenvalue weighted by Gasteiger charge is 2.38. The van der Waals surface area contributed by atoms with Crippen molar-refractivity contribution in [2.24, 2.45) is 0 Å². The highest BCUT2D eigenvalue weighted by atomic mass is 35.5. The van der Waals surface area contributed by atoms with E-state index >= 15 is 0 Å². The van der Waals surface area contributed by atoms with Gasteiger partial charge in [0.25, 0.3) is 5.91 Å². The summed E-state index contributed by atoms with van der Waals surface area (Å²) in [7, 11) is 1.99. The van der Waals surface area contributed by atoms with Gasteiger partial charge in [-0.2, -0.15) is 0 Å². The Morgan fingerprint density at radius 2 is 1.74 bits per heavy atom. The molecule has 3 aromatic rings. The minimum Gasteiger partial charge on any atom is -0.494 e. The summed E-state index contributed by atoms with van der Waals surface area (Å²) in [6, 6.07) is 21.8. The maximum atomic E-state index is 13.8. The number of rotatable bonds is 9. The number of ether oxygens (including phenoxy) is 1. The lowest BCUT2D eigenvalue weighted by atomic mass is 9.89. The van der Waals surface area contributed by atoms with E-state index in [2.05, 4.69) is 10.2 Å². The normalized spacial score (nSPS) is 19.9. The lowest BCUT2D eigenvalue weighted by molar-refractivity contribution is -0.125. The summed E-state index contributed by atoms with van der Waals surface area (Å²) in [6.07, 6.45) is 3.24. The first-order chi connectivity index (χ1) is 20.7. The van der Waals surface area contributed by atoms with E-state index in [4.69, 9.17) is 16.3 Å². The molecule has 5 rings (SSSR count). The molecule has 2 aliphatic rings. The molecule has 0 saturated carbocycles. The van der Waals surface area contributed by atoms with Gasteiger partial charge in [-0.1, -0.05) is 29.8 Å². The zero-order valence-electron chi connectivity index (χ0n) is 25.0. The van der Waals surface area contributed by atoms with Crippen LogP contribution < -0.4 is 19.9 Å². The summed E-state index contributed by atoms with van der Waals surface area (Å²) in [4.78, 5) is 44.8. The van der Waals surface area contributed by atoms with Crippen LogP contribution in [0.3, 0.4) is 0 Å². The second-order valence-electron chi connectivity index (χ2n) is 11.4. The van der Waals surface area contributed by atoms with Crippen molar-refractivity contribution in [2.45, 2.75) is 57.7 Å². The van der Waals surface area contributed by atoms with Crippen LogP contribution in [-0.2, 0) is 9.59 Å². The third-order valence-electron chi connectivity index (χ3n) is 8.35. The van der Waals surface area contributed by atoms with E-state index in [1.165, 1.54) is 0 Å². The van der Waals surface area contributed by atoms with Crippen molar-refractivity contribution in [3.8, 4) is 5.75 Å². The lowest BCUT2D eigenvalue weighted by Gasteiger charge is -2.43. The molecule has 3 atom stereocenters. The minimum absolute atomic E-state index is 0.0250. The minimum atomic E-state index is -0.228. The molecule has 0 radical (unpaired) electrons. The van der Waals surface area contributed by atoms with E-state index in [0.717, 1.165) is 36.3 Å². The van der Waals surface area contributed by atoms with Crippen LogP contribution >= 0.6 is 11.6 Å². The zero-order chi connectivity index (χ0) is 30.5. The molecule has 43 heavy (non-hydrogen) atoms. The highest BCUT2D eigenvalue weighted by Crippen LogP contribution is 2.43. The predicted molar refractivity (Wildman–Crippen MR) is 170 cm³/mol. The molecule has 8 nitrogen and oxygen atoms in total. The summed E-state index contributed by atoms with van der Waals surface area (Å²) < 4.78 is 5.87. The maximum Gasteiger partial charge on any atom is 0.258 e.